The molecule has 0 spiro atoms. The zero-order valence-corrected chi connectivity index (χ0v) is 14.9. The van der Waals surface area contributed by atoms with Gasteiger partial charge in [-0.05, 0) is 11.4 Å². The molecule has 7 heteroatoms. The molecule has 5 rings (SSSR count). The lowest BCUT2D eigenvalue weighted by Crippen LogP contribution is -2.10. The standard InChI is InChI=1S/C19H11N3O2S2/c20-14-12-11(10-6-3-7-25-10)13-15(22-19(12)26-17(14)18(21)24)8-4-1-2-5-9(8)16(13)23/h1-7H,20H2,(H2,21,24). The van der Waals surface area contributed by atoms with Crippen LogP contribution in [0, 0.1) is 0 Å². The predicted molar refractivity (Wildman–Crippen MR) is 105 cm³/mol. The second-order valence-electron chi connectivity index (χ2n) is 5.95. The highest BCUT2D eigenvalue weighted by Crippen LogP contribution is 2.48. The molecule has 126 valence electrons. The predicted octanol–water partition coefficient (Wildman–Crippen LogP) is 3.92. The summed E-state index contributed by atoms with van der Waals surface area (Å²) in [6.45, 7) is 0. The fourth-order valence-electron chi connectivity index (χ4n) is 3.44. The van der Waals surface area contributed by atoms with Crippen molar-refractivity contribution in [2.75, 3.05) is 5.73 Å². The number of benzene rings is 1. The van der Waals surface area contributed by atoms with Crippen LogP contribution in [0.15, 0.2) is 41.8 Å². The molecule has 0 fully saturated rings. The van der Waals surface area contributed by atoms with Gasteiger partial charge in [0, 0.05) is 27.0 Å². The van der Waals surface area contributed by atoms with E-state index in [1.165, 1.54) is 22.7 Å². The number of hydrogen-bond donors (Lipinski definition) is 2. The number of nitrogens with two attached hydrogens (primary N) is 2. The Morgan fingerprint density at radius 1 is 1.04 bits per heavy atom. The van der Waals surface area contributed by atoms with E-state index >= 15 is 0 Å². The van der Waals surface area contributed by atoms with Crippen LogP contribution in [0.1, 0.15) is 25.6 Å². The van der Waals surface area contributed by atoms with Crippen LogP contribution in [-0.4, -0.2) is 16.7 Å². The van der Waals surface area contributed by atoms with Crippen LogP contribution < -0.4 is 11.5 Å². The van der Waals surface area contributed by atoms with Gasteiger partial charge in [0.15, 0.2) is 5.78 Å². The van der Waals surface area contributed by atoms with E-state index in [0.717, 1.165) is 16.0 Å². The number of fused-ring (bicyclic) bond motifs is 4. The van der Waals surface area contributed by atoms with E-state index in [2.05, 4.69) is 0 Å². The average molecular weight is 377 g/mol. The minimum absolute atomic E-state index is 0.0698. The van der Waals surface area contributed by atoms with Gasteiger partial charge in [-0.3, -0.25) is 9.59 Å². The van der Waals surface area contributed by atoms with Crippen LogP contribution >= 0.6 is 22.7 Å². The Kier molecular flexibility index (Phi) is 3.07. The van der Waals surface area contributed by atoms with E-state index in [4.69, 9.17) is 16.5 Å². The number of rotatable bonds is 2. The molecule has 0 radical (unpaired) electrons. The Balaban J connectivity index is 1.99. The molecular formula is C19H11N3O2S2. The Morgan fingerprint density at radius 3 is 2.50 bits per heavy atom. The van der Waals surface area contributed by atoms with Gasteiger partial charge in [-0.15, -0.1) is 22.7 Å². The number of ketones is 1. The molecule has 1 aromatic carbocycles. The Labute approximate surface area is 155 Å². The van der Waals surface area contributed by atoms with E-state index in [9.17, 15) is 9.59 Å². The molecule has 0 saturated heterocycles. The Morgan fingerprint density at radius 2 is 1.81 bits per heavy atom. The lowest BCUT2D eigenvalue weighted by atomic mass is 9.99. The van der Waals surface area contributed by atoms with Crippen molar-refractivity contribution >= 4 is 50.3 Å². The van der Waals surface area contributed by atoms with Crippen LogP contribution in [-0.2, 0) is 0 Å². The zero-order valence-electron chi connectivity index (χ0n) is 13.3. The number of thiophene rings is 2. The Bertz CT molecular complexity index is 1240. The van der Waals surface area contributed by atoms with Crippen molar-refractivity contribution in [2.24, 2.45) is 5.73 Å². The molecule has 3 heterocycles. The number of nitrogen functional groups attached to an aromatic ring is 1. The summed E-state index contributed by atoms with van der Waals surface area (Å²) in [7, 11) is 0. The third-order valence-electron chi connectivity index (χ3n) is 4.52. The second-order valence-corrected chi connectivity index (χ2v) is 7.90. The van der Waals surface area contributed by atoms with Crippen molar-refractivity contribution in [3.8, 4) is 21.7 Å². The van der Waals surface area contributed by atoms with Crippen molar-refractivity contribution < 1.29 is 9.59 Å². The highest BCUT2D eigenvalue weighted by Gasteiger charge is 2.34. The van der Waals surface area contributed by atoms with Crippen molar-refractivity contribution in [1.29, 1.82) is 0 Å². The van der Waals surface area contributed by atoms with Gasteiger partial charge in [-0.2, -0.15) is 0 Å². The first-order valence-electron chi connectivity index (χ1n) is 7.81. The van der Waals surface area contributed by atoms with Gasteiger partial charge in [0.1, 0.15) is 9.71 Å². The van der Waals surface area contributed by atoms with Gasteiger partial charge in [-0.1, -0.05) is 30.3 Å². The first kappa shape index (κ1) is 15.2. The first-order valence-corrected chi connectivity index (χ1v) is 9.51. The molecule has 5 nitrogen and oxygen atoms in total. The van der Waals surface area contributed by atoms with Crippen LogP contribution in [0.4, 0.5) is 5.69 Å². The minimum Gasteiger partial charge on any atom is -0.397 e. The van der Waals surface area contributed by atoms with Gasteiger partial charge in [0.05, 0.1) is 16.9 Å². The second kappa shape index (κ2) is 5.23. The number of nitrogens with zero attached hydrogens (tertiary/aromatic N) is 1. The number of pyridine rings is 1. The molecule has 1 aliphatic carbocycles. The van der Waals surface area contributed by atoms with E-state index in [0.29, 0.717) is 32.7 Å². The van der Waals surface area contributed by atoms with Crippen molar-refractivity contribution in [3.05, 3.63) is 57.8 Å². The fourth-order valence-corrected chi connectivity index (χ4v) is 5.18. The zero-order chi connectivity index (χ0) is 18.0. The van der Waals surface area contributed by atoms with Crippen molar-refractivity contribution in [2.45, 2.75) is 0 Å². The van der Waals surface area contributed by atoms with Crippen LogP contribution in [0.25, 0.3) is 31.9 Å². The van der Waals surface area contributed by atoms with Crippen LogP contribution in [0.2, 0.25) is 0 Å². The van der Waals surface area contributed by atoms with E-state index in [1.54, 1.807) is 0 Å². The van der Waals surface area contributed by atoms with Gasteiger partial charge < -0.3 is 11.5 Å². The SMILES string of the molecule is NC(=O)c1sc2nc3c(c(-c4cccs4)c2c1N)C(=O)c1ccccc1-3. The number of anilines is 1. The molecule has 0 aliphatic heterocycles. The van der Waals surface area contributed by atoms with E-state index < -0.39 is 5.91 Å². The quantitative estimate of drug-likeness (QED) is 0.487. The summed E-state index contributed by atoms with van der Waals surface area (Å²) in [6.07, 6.45) is 0. The molecule has 4 aromatic rings. The normalized spacial score (nSPS) is 12.4. The third-order valence-corrected chi connectivity index (χ3v) is 6.52. The monoisotopic (exact) mass is 377 g/mol. The first-order chi connectivity index (χ1) is 12.6. The summed E-state index contributed by atoms with van der Waals surface area (Å²) in [5.74, 6) is -0.658. The third kappa shape index (κ3) is 1.86. The van der Waals surface area contributed by atoms with Gasteiger partial charge in [0.25, 0.3) is 5.91 Å². The molecule has 3 aromatic heterocycles. The summed E-state index contributed by atoms with van der Waals surface area (Å²) >= 11 is 2.68. The van der Waals surface area contributed by atoms with Gasteiger partial charge >= 0.3 is 0 Å². The molecule has 0 atom stereocenters. The van der Waals surface area contributed by atoms with E-state index in [1.807, 2.05) is 41.8 Å². The smallest absolute Gasteiger partial charge is 0.260 e. The number of amides is 1. The maximum Gasteiger partial charge on any atom is 0.260 e. The minimum atomic E-state index is -0.588. The van der Waals surface area contributed by atoms with E-state index in [-0.39, 0.29) is 10.7 Å². The molecule has 1 aliphatic rings. The number of carbonyl (C=O) groups is 2. The number of aromatic nitrogens is 1. The summed E-state index contributed by atoms with van der Waals surface area (Å²) in [5, 5.41) is 2.57. The number of primary amides is 1. The lowest BCUT2D eigenvalue weighted by Gasteiger charge is -2.08. The molecule has 0 unspecified atom stereocenters. The molecule has 1 amide bonds. The number of hydrogen-bond acceptors (Lipinski definition) is 6. The van der Waals surface area contributed by atoms with Gasteiger partial charge in [-0.25, -0.2) is 4.98 Å². The highest BCUT2D eigenvalue weighted by atomic mass is 32.1. The van der Waals surface area contributed by atoms with Gasteiger partial charge in [0.2, 0.25) is 0 Å². The molecule has 4 N–H and O–H groups in total. The molecule has 0 bridgehead atoms. The highest BCUT2D eigenvalue weighted by molar-refractivity contribution is 7.21. The fraction of sp³-hybridized carbons (Fsp3) is 0. The summed E-state index contributed by atoms with van der Waals surface area (Å²) in [5.41, 5.74) is 15.4. The van der Waals surface area contributed by atoms with Crippen molar-refractivity contribution in [1.82, 2.24) is 4.98 Å². The summed E-state index contributed by atoms with van der Waals surface area (Å²) in [4.78, 5) is 31.4. The average Bonchev–Trinajstić information content (AvgIpc) is 3.33. The Hall–Kier alpha value is -3.03. The summed E-state index contributed by atoms with van der Waals surface area (Å²) < 4.78 is 0. The lowest BCUT2D eigenvalue weighted by molar-refractivity contribution is 0.100. The maximum absolute atomic E-state index is 13.1. The number of carbonyl (C=O) groups excluding carboxylic acids is 2. The van der Waals surface area contributed by atoms with Crippen LogP contribution in [0.5, 0.6) is 0 Å². The topological polar surface area (TPSA) is 99.1 Å². The largest absolute Gasteiger partial charge is 0.397 e. The summed E-state index contributed by atoms with van der Waals surface area (Å²) in [6, 6.07) is 11.3. The maximum atomic E-state index is 13.1. The molecule has 0 saturated carbocycles. The molecule has 26 heavy (non-hydrogen) atoms. The molecular weight excluding hydrogens is 366 g/mol. The van der Waals surface area contributed by atoms with Crippen LogP contribution in [0.3, 0.4) is 0 Å². The van der Waals surface area contributed by atoms with Crippen molar-refractivity contribution in [3.63, 3.8) is 0 Å².